The first kappa shape index (κ1) is 16.3. The second kappa shape index (κ2) is 7.80. The molecule has 2 aromatic rings. The SMILES string of the molecule is CCCCP(=O)(CCCC)Cc1ccc2ccccc2c1. The van der Waals surface area contributed by atoms with E-state index >= 15 is 0 Å². The zero-order valence-electron chi connectivity index (χ0n) is 13.3. The average Bonchev–Trinajstić information content (AvgIpc) is 2.51. The lowest BCUT2D eigenvalue weighted by molar-refractivity contribution is 0.569. The molecule has 0 aromatic heterocycles. The molecule has 0 heterocycles. The van der Waals surface area contributed by atoms with Crippen molar-refractivity contribution in [3.63, 3.8) is 0 Å². The van der Waals surface area contributed by atoms with Gasteiger partial charge in [-0.2, -0.15) is 0 Å². The van der Waals surface area contributed by atoms with Crippen molar-refractivity contribution in [3.8, 4) is 0 Å². The normalized spacial score (nSPS) is 11.9. The van der Waals surface area contributed by atoms with E-state index in [4.69, 9.17) is 0 Å². The summed E-state index contributed by atoms with van der Waals surface area (Å²) in [6.45, 7) is 4.36. The maximum Gasteiger partial charge on any atom is 0.0919 e. The Labute approximate surface area is 129 Å². The molecule has 2 rings (SSSR count). The third-order valence-electron chi connectivity index (χ3n) is 4.12. The smallest absolute Gasteiger partial charge is 0.0919 e. The van der Waals surface area contributed by atoms with Crippen molar-refractivity contribution in [2.45, 2.75) is 45.7 Å². The van der Waals surface area contributed by atoms with Gasteiger partial charge in [-0.15, -0.1) is 0 Å². The molecule has 0 radical (unpaired) electrons. The summed E-state index contributed by atoms with van der Waals surface area (Å²) in [5.41, 5.74) is 1.24. The molecule has 0 bridgehead atoms. The van der Waals surface area contributed by atoms with E-state index in [9.17, 15) is 4.57 Å². The maximum absolute atomic E-state index is 13.2. The van der Waals surface area contributed by atoms with Gasteiger partial charge in [0.25, 0.3) is 0 Å². The molecule has 0 saturated carbocycles. The minimum absolute atomic E-state index is 0.776. The summed E-state index contributed by atoms with van der Waals surface area (Å²) >= 11 is 0. The molecule has 114 valence electrons. The Morgan fingerprint density at radius 2 is 1.48 bits per heavy atom. The van der Waals surface area contributed by atoms with Crippen LogP contribution in [-0.4, -0.2) is 12.3 Å². The lowest BCUT2D eigenvalue weighted by atomic mass is 10.1. The molecule has 0 unspecified atom stereocenters. The van der Waals surface area contributed by atoms with Gasteiger partial charge in [0.2, 0.25) is 0 Å². The third-order valence-corrected chi connectivity index (χ3v) is 7.33. The Morgan fingerprint density at radius 3 is 2.10 bits per heavy atom. The zero-order valence-corrected chi connectivity index (χ0v) is 14.2. The molecule has 0 N–H and O–H groups in total. The van der Waals surface area contributed by atoms with E-state index in [-0.39, 0.29) is 0 Å². The topological polar surface area (TPSA) is 17.1 Å². The third kappa shape index (κ3) is 4.71. The Morgan fingerprint density at radius 1 is 0.857 bits per heavy atom. The van der Waals surface area contributed by atoms with Crippen LogP contribution in [0.15, 0.2) is 42.5 Å². The molecule has 21 heavy (non-hydrogen) atoms. The van der Waals surface area contributed by atoms with Crippen LogP contribution in [0, 0.1) is 0 Å². The molecule has 0 aliphatic heterocycles. The van der Waals surface area contributed by atoms with Crippen molar-refractivity contribution in [1.29, 1.82) is 0 Å². The van der Waals surface area contributed by atoms with Gasteiger partial charge in [-0.1, -0.05) is 69.2 Å². The quantitative estimate of drug-likeness (QED) is 0.523. The van der Waals surface area contributed by atoms with Crippen LogP contribution >= 0.6 is 7.14 Å². The number of fused-ring (bicyclic) bond motifs is 1. The largest absolute Gasteiger partial charge is 0.323 e. The summed E-state index contributed by atoms with van der Waals surface area (Å²) in [6.07, 6.45) is 7.05. The first-order valence-corrected chi connectivity index (χ1v) is 10.5. The van der Waals surface area contributed by atoms with E-state index in [0.717, 1.165) is 44.2 Å². The number of benzene rings is 2. The fourth-order valence-electron chi connectivity index (χ4n) is 2.83. The van der Waals surface area contributed by atoms with Gasteiger partial charge in [-0.3, -0.25) is 0 Å². The predicted molar refractivity (Wildman–Crippen MR) is 94.8 cm³/mol. The van der Waals surface area contributed by atoms with E-state index in [1.54, 1.807) is 0 Å². The molecular formula is C19H27OP. The Kier molecular flexibility index (Phi) is 6.06. The standard InChI is InChI=1S/C19H27OP/c1-3-5-13-21(20,14-6-4-2)16-17-11-12-18-9-7-8-10-19(18)15-17/h7-12,15H,3-6,13-14,16H2,1-2H3. The average molecular weight is 302 g/mol. The summed E-state index contributed by atoms with van der Waals surface area (Å²) in [5.74, 6) is 0. The van der Waals surface area contributed by atoms with Crippen LogP contribution in [-0.2, 0) is 10.7 Å². The minimum Gasteiger partial charge on any atom is -0.323 e. The summed E-state index contributed by atoms with van der Waals surface area (Å²) in [4.78, 5) is 0. The highest BCUT2D eigenvalue weighted by molar-refractivity contribution is 7.63. The monoisotopic (exact) mass is 302 g/mol. The van der Waals surface area contributed by atoms with E-state index < -0.39 is 7.14 Å². The summed E-state index contributed by atoms with van der Waals surface area (Å²) in [5, 5.41) is 2.52. The summed E-state index contributed by atoms with van der Waals surface area (Å²) in [6, 6.07) is 14.9. The Bertz CT molecular complexity index is 606. The number of hydrogen-bond donors (Lipinski definition) is 0. The van der Waals surface area contributed by atoms with Crippen LogP contribution in [0.1, 0.15) is 45.1 Å². The zero-order chi connectivity index (χ0) is 15.1. The molecule has 0 atom stereocenters. The molecule has 0 aliphatic carbocycles. The van der Waals surface area contributed by atoms with Crippen LogP contribution in [0.5, 0.6) is 0 Å². The van der Waals surface area contributed by atoms with Gasteiger partial charge >= 0.3 is 0 Å². The van der Waals surface area contributed by atoms with Gasteiger partial charge in [-0.05, 0) is 29.2 Å². The fourth-order valence-corrected chi connectivity index (χ4v) is 6.02. The van der Waals surface area contributed by atoms with Crippen LogP contribution in [0.2, 0.25) is 0 Å². The summed E-state index contributed by atoms with van der Waals surface area (Å²) < 4.78 is 13.2. The number of unbranched alkanes of at least 4 members (excludes halogenated alkanes) is 2. The van der Waals surface area contributed by atoms with Gasteiger partial charge in [0.05, 0.1) is 7.14 Å². The van der Waals surface area contributed by atoms with Gasteiger partial charge in [0.15, 0.2) is 0 Å². The van der Waals surface area contributed by atoms with Crippen molar-refractivity contribution in [3.05, 3.63) is 48.0 Å². The first-order chi connectivity index (χ1) is 10.2. The fraction of sp³-hybridized carbons (Fsp3) is 0.474. The minimum atomic E-state index is -2.05. The van der Waals surface area contributed by atoms with Crippen LogP contribution in [0.4, 0.5) is 0 Å². The number of rotatable bonds is 8. The molecule has 0 amide bonds. The molecule has 2 aromatic carbocycles. The van der Waals surface area contributed by atoms with Gasteiger partial charge in [0, 0.05) is 18.5 Å². The van der Waals surface area contributed by atoms with Crippen molar-refractivity contribution < 1.29 is 4.57 Å². The van der Waals surface area contributed by atoms with E-state index in [0.29, 0.717) is 0 Å². The first-order valence-electron chi connectivity index (χ1n) is 8.21. The molecule has 0 aliphatic rings. The van der Waals surface area contributed by atoms with Crippen LogP contribution in [0.25, 0.3) is 10.8 Å². The molecule has 2 heteroatoms. The maximum atomic E-state index is 13.2. The van der Waals surface area contributed by atoms with Crippen molar-refractivity contribution in [1.82, 2.24) is 0 Å². The molecular weight excluding hydrogens is 275 g/mol. The van der Waals surface area contributed by atoms with Crippen molar-refractivity contribution in [2.75, 3.05) is 12.3 Å². The summed E-state index contributed by atoms with van der Waals surface area (Å²) in [7, 11) is -2.05. The molecule has 0 saturated heterocycles. The van der Waals surface area contributed by atoms with E-state index in [2.05, 4.69) is 56.3 Å². The molecule has 0 spiro atoms. The number of hydrogen-bond acceptors (Lipinski definition) is 1. The predicted octanol–water partition coefficient (Wildman–Crippen LogP) is 6.30. The van der Waals surface area contributed by atoms with Gasteiger partial charge in [-0.25, -0.2) is 0 Å². The Balaban J connectivity index is 2.18. The van der Waals surface area contributed by atoms with E-state index in [1.165, 1.54) is 16.3 Å². The second-order valence-electron chi connectivity index (χ2n) is 6.05. The molecule has 0 fully saturated rings. The highest BCUT2D eigenvalue weighted by Gasteiger charge is 2.21. The Hall–Kier alpha value is -1.07. The highest BCUT2D eigenvalue weighted by atomic mass is 31.2. The van der Waals surface area contributed by atoms with Gasteiger partial charge in [0.1, 0.15) is 0 Å². The highest BCUT2D eigenvalue weighted by Crippen LogP contribution is 2.50. The van der Waals surface area contributed by atoms with E-state index in [1.807, 2.05) is 0 Å². The second-order valence-corrected chi connectivity index (χ2v) is 9.38. The lowest BCUT2D eigenvalue weighted by Gasteiger charge is -2.18. The van der Waals surface area contributed by atoms with Crippen molar-refractivity contribution >= 4 is 17.9 Å². The lowest BCUT2D eigenvalue weighted by Crippen LogP contribution is -1.99. The molecule has 1 nitrogen and oxygen atoms in total. The van der Waals surface area contributed by atoms with Crippen LogP contribution in [0.3, 0.4) is 0 Å². The van der Waals surface area contributed by atoms with Crippen molar-refractivity contribution in [2.24, 2.45) is 0 Å². The van der Waals surface area contributed by atoms with Gasteiger partial charge < -0.3 is 4.57 Å². The van der Waals surface area contributed by atoms with Crippen LogP contribution < -0.4 is 0 Å².